The summed E-state index contributed by atoms with van der Waals surface area (Å²) in [5.74, 6) is 0.241. The zero-order valence-corrected chi connectivity index (χ0v) is 7.66. The molecule has 2 atom stereocenters. The Balaban J connectivity index is 2.69. The molecule has 0 saturated heterocycles. The Morgan fingerprint density at radius 3 is 2.67 bits per heavy atom. The fraction of sp³-hybridized carbons (Fsp3) is 0.700. The Morgan fingerprint density at radius 2 is 2.33 bits per heavy atom. The molecule has 2 unspecified atom stereocenters. The third-order valence-electron chi connectivity index (χ3n) is 2.68. The Kier molecular flexibility index (Phi) is 2.68. The zero-order chi connectivity index (χ0) is 9.19. The van der Waals surface area contributed by atoms with Gasteiger partial charge in [0.1, 0.15) is 6.29 Å². The minimum Gasteiger partial charge on any atom is -0.386 e. The van der Waals surface area contributed by atoms with Crippen LogP contribution < -0.4 is 0 Å². The van der Waals surface area contributed by atoms with Gasteiger partial charge in [-0.1, -0.05) is 26.0 Å². The zero-order valence-electron chi connectivity index (χ0n) is 7.66. The van der Waals surface area contributed by atoms with E-state index < -0.39 is 5.60 Å². The highest BCUT2D eigenvalue weighted by atomic mass is 16.3. The summed E-state index contributed by atoms with van der Waals surface area (Å²) in [6.07, 6.45) is 6.01. The van der Waals surface area contributed by atoms with Crippen molar-refractivity contribution in [3.8, 4) is 0 Å². The maximum absolute atomic E-state index is 10.4. The van der Waals surface area contributed by atoms with E-state index in [1.165, 1.54) is 0 Å². The van der Waals surface area contributed by atoms with E-state index in [-0.39, 0.29) is 11.8 Å². The molecule has 0 amide bonds. The van der Waals surface area contributed by atoms with Gasteiger partial charge in [0.25, 0.3) is 0 Å². The molecule has 1 aliphatic rings. The second kappa shape index (κ2) is 3.40. The standard InChI is InChI=1S/C10H16O2/c1-8(2)10(12)5-3-9(7-11)4-6-10/h3,5,7-9,12H,4,6H2,1-2H3. The normalized spacial score (nSPS) is 35.5. The number of rotatable bonds is 2. The van der Waals surface area contributed by atoms with Gasteiger partial charge in [-0.25, -0.2) is 0 Å². The number of carbonyl (C=O) groups is 1. The lowest BCUT2D eigenvalue weighted by atomic mass is 9.79. The van der Waals surface area contributed by atoms with Gasteiger partial charge in [0, 0.05) is 5.92 Å². The van der Waals surface area contributed by atoms with Crippen LogP contribution in [0.25, 0.3) is 0 Å². The minimum absolute atomic E-state index is 0.0176. The molecule has 0 heterocycles. The van der Waals surface area contributed by atoms with Crippen molar-refractivity contribution in [3.05, 3.63) is 12.2 Å². The molecule has 0 saturated carbocycles. The summed E-state index contributed by atoms with van der Waals surface area (Å²) in [5, 5.41) is 9.96. The van der Waals surface area contributed by atoms with E-state index in [2.05, 4.69) is 0 Å². The van der Waals surface area contributed by atoms with Gasteiger partial charge in [0.05, 0.1) is 5.60 Å². The summed E-state index contributed by atoms with van der Waals surface area (Å²) >= 11 is 0. The van der Waals surface area contributed by atoms with Crippen LogP contribution in [0.4, 0.5) is 0 Å². The average molecular weight is 168 g/mol. The van der Waals surface area contributed by atoms with Gasteiger partial charge in [-0.15, -0.1) is 0 Å². The molecule has 0 aliphatic heterocycles. The van der Waals surface area contributed by atoms with E-state index in [0.717, 1.165) is 12.7 Å². The molecular formula is C10H16O2. The topological polar surface area (TPSA) is 37.3 Å². The quantitative estimate of drug-likeness (QED) is 0.501. The lowest BCUT2D eigenvalue weighted by Gasteiger charge is -2.32. The average Bonchev–Trinajstić information content (AvgIpc) is 2.06. The first-order valence-electron chi connectivity index (χ1n) is 4.45. The Labute approximate surface area is 73.3 Å². The van der Waals surface area contributed by atoms with Crippen LogP contribution in [0.3, 0.4) is 0 Å². The van der Waals surface area contributed by atoms with E-state index in [1.807, 2.05) is 19.9 Å². The number of allylic oxidation sites excluding steroid dienone is 1. The van der Waals surface area contributed by atoms with Crippen LogP contribution in [-0.2, 0) is 4.79 Å². The van der Waals surface area contributed by atoms with Gasteiger partial charge in [-0.05, 0) is 18.8 Å². The minimum atomic E-state index is -0.681. The van der Waals surface area contributed by atoms with Crippen molar-refractivity contribution in [3.63, 3.8) is 0 Å². The van der Waals surface area contributed by atoms with Crippen LogP contribution >= 0.6 is 0 Å². The summed E-state index contributed by atoms with van der Waals surface area (Å²) in [4.78, 5) is 10.4. The smallest absolute Gasteiger partial charge is 0.126 e. The molecular weight excluding hydrogens is 152 g/mol. The first-order chi connectivity index (χ1) is 5.58. The van der Waals surface area contributed by atoms with Gasteiger partial charge >= 0.3 is 0 Å². The van der Waals surface area contributed by atoms with E-state index >= 15 is 0 Å². The molecule has 0 radical (unpaired) electrons. The lowest BCUT2D eigenvalue weighted by molar-refractivity contribution is -0.110. The number of aldehydes is 1. The fourth-order valence-corrected chi connectivity index (χ4v) is 1.46. The maximum atomic E-state index is 10.4. The van der Waals surface area contributed by atoms with Gasteiger partial charge in [-0.2, -0.15) is 0 Å². The monoisotopic (exact) mass is 168 g/mol. The predicted molar refractivity (Wildman–Crippen MR) is 47.7 cm³/mol. The highest BCUT2D eigenvalue weighted by Gasteiger charge is 2.31. The van der Waals surface area contributed by atoms with Crippen LogP contribution in [0.15, 0.2) is 12.2 Å². The largest absolute Gasteiger partial charge is 0.386 e. The summed E-state index contributed by atoms with van der Waals surface area (Å²) in [6, 6.07) is 0. The summed E-state index contributed by atoms with van der Waals surface area (Å²) in [5.41, 5.74) is -0.681. The summed E-state index contributed by atoms with van der Waals surface area (Å²) in [6.45, 7) is 3.98. The second-order valence-corrected chi connectivity index (χ2v) is 3.84. The highest BCUT2D eigenvalue weighted by Crippen LogP contribution is 2.30. The van der Waals surface area contributed by atoms with Crippen LogP contribution in [0, 0.1) is 11.8 Å². The van der Waals surface area contributed by atoms with E-state index in [0.29, 0.717) is 6.42 Å². The third kappa shape index (κ3) is 1.75. The number of hydrogen-bond acceptors (Lipinski definition) is 2. The molecule has 12 heavy (non-hydrogen) atoms. The van der Waals surface area contributed by atoms with Crippen LogP contribution in [0.2, 0.25) is 0 Å². The Bertz CT molecular complexity index is 196. The number of carbonyl (C=O) groups excluding carboxylic acids is 1. The maximum Gasteiger partial charge on any atom is 0.126 e. The van der Waals surface area contributed by atoms with Gasteiger partial charge < -0.3 is 9.90 Å². The SMILES string of the molecule is CC(C)C1(O)C=CC(C=O)CC1. The molecule has 1 N–H and O–H groups in total. The fourth-order valence-electron chi connectivity index (χ4n) is 1.46. The van der Waals surface area contributed by atoms with Gasteiger partial charge in [0.15, 0.2) is 0 Å². The number of aliphatic hydroxyl groups is 1. The molecule has 0 bridgehead atoms. The van der Waals surface area contributed by atoms with Crippen molar-refractivity contribution < 1.29 is 9.90 Å². The van der Waals surface area contributed by atoms with E-state index in [4.69, 9.17) is 0 Å². The molecule has 2 heteroatoms. The molecule has 0 spiro atoms. The van der Waals surface area contributed by atoms with Crippen LogP contribution in [-0.4, -0.2) is 17.0 Å². The predicted octanol–water partition coefficient (Wildman–Crippen LogP) is 1.54. The van der Waals surface area contributed by atoms with Crippen molar-refractivity contribution in [1.29, 1.82) is 0 Å². The van der Waals surface area contributed by atoms with E-state index in [1.54, 1.807) is 6.08 Å². The first kappa shape index (κ1) is 9.46. The molecule has 0 fully saturated rings. The second-order valence-electron chi connectivity index (χ2n) is 3.84. The Morgan fingerprint density at radius 1 is 1.67 bits per heavy atom. The van der Waals surface area contributed by atoms with Crippen molar-refractivity contribution in [1.82, 2.24) is 0 Å². The first-order valence-corrected chi connectivity index (χ1v) is 4.45. The Hall–Kier alpha value is -0.630. The van der Waals surface area contributed by atoms with Crippen LogP contribution in [0.1, 0.15) is 26.7 Å². The van der Waals surface area contributed by atoms with Gasteiger partial charge in [-0.3, -0.25) is 0 Å². The third-order valence-corrected chi connectivity index (χ3v) is 2.68. The van der Waals surface area contributed by atoms with Gasteiger partial charge in [0.2, 0.25) is 0 Å². The molecule has 1 aliphatic carbocycles. The number of hydrogen-bond donors (Lipinski definition) is 1. The molecule has 2 nitrogen and oxygen atoms in total. The lowest BCUT2D eigenvalue weighted by Crippen LogP contribution is -2.35. The molecule has 0 aromatic carbocycles. The van der Waals surface area contributed by atoms with E-state index in [9.17, 15) is 9.90 Å². The molecule has 68 valence electrons. The van der Waals surface area contributed by atoms with Crippen molar-refractivity contribution >= 4 is 6.29 Å². The highest BCUT2D eigenvalue weighted by molar-refractivity contribution is 5.57. The molecule has 0 aromatic rings. The van der Waals surface area contributed by atoms with Crippen molar-refractivity contribution in [2.45, 2.75) is 32.3 Å². The summed E-state index contributed by atoms with van der Waals surface area (Å²) in [7, 11) is 0. The van der Waals surface area contributed by atoms with Crippen molar-refractivity contribution in [2.24, 2.45) is 11.8 Å². The molecule has 1 rings (SSSR count). The van der Waals surface area contributed by atoms with Crippen molar-refractivity contribution in [2.75, 3.05) is 0 Å². The molecule has 0 aromatic heterocycles. The summed E-state index contributed by atoms with van der Waals surface area (Å²) < 4.78 is 0. The van der Waals surface area contributed by atoms with Crippen LogP contribution in [0.5, 0.6) is 0 Å².